The van der Waals surface area contributed by atoms with E-state index in [4.69, 9.17) is 5.73 Å². The molecule has 0 aliphatic heterocycles. The van der Waals surface area contributed by atoms with Crippen molar-refractivity contribution in [2.45, 2.75) is 33.2 Å². The van der Waals surface area contributed by atoms with Gasteiger partial charge >= 0.3 is 0 Å². The SMILES string of the molecule is CC(C)CC(C)N(C)C(=O)c1nc(N)n[nH]1. The second-order valence-corrected chi connectivity index (χ2v) is 4.44. The number of nitrogens with two attached hydrogens (primary N) is 1. The Balaban J connectivity index is 2.67. The quantitative estimate of drug-likeness (QED) is 0.796. The van der Waals surface area contributed by atoms with E-state index in [1.165, 1.54) is 0 Å². The predicted octanol–water partition coefficient (Wildman–Crippen LogP) is 0.893. The maximum atomic E-state index is 11.9. The molecule has 0 spiro atoms. The van der Waals surface area contributed by atoms with Crippen molar-refractivity contribution >= 4 is 11.9 Å². The summed E-state index contributed by atoms with van der Waals surface area (Å²) in [4.78, 5) is 17.4. The first kappa shape index (κ1) is 12.5. The van der Waals surface area contributed by atoms with Crippen LogP contribution in [0.2, 0.25) is 0 Å². The number of nitrogens with one attached hydrogen (secondary N) is 1. The summed E-state index contributed by atoms with van der Waals surface area (Å²) in [5.41, 5.74) is 5.35. The second-order valence-electron chi connectivity index (χ2n) is 4.44. The van der Waals surface area contributed by atoms with Gasteiger partial charge in [0.05, 0.1) is 0 Å². The highest BCUT2D eigenvalue weighted by Gasteiger charge is 2.20. The normalized spacial score (nSPS) is 12.8. The third-order valence-corrected chi connectivity index (χ3v) is 2.50. The standard InChI is InChI=1S/C10H19N5O/c1-6(2)5-7(3)15(4)9(16)8-12-10(11)14-13-8/h6-7H,5H2,1-4H3,(H3,11,12,13,14). The Kier molecular flexibility index (Phi) is 3.87. The van der Waals surface area contributed by atoms with Gasteiger partial charge in [-0.2, -0.15) is 4.98 Å². The number of aromatic nitrogens is 3. The van der Waals surface area contributed by atoms with Gasteiger partial charge < -0.3 is 10.6 Å². The van der Waals surface area contributed by atoms with Gasteiger partial charge in [0.15, 0.2) is 0 Å². The number of hydrogen-bond acceptors (Lipinski definition) is 4. The summed E-state index contributed by atoms with van der Waals surface area (Å²) >= 11 is 0. The topological polar surface area (TPSA) is 87.9 Å². The van der Waals surface area contributed by atoms with E-state index in [9.17, 15) is 4.79 Å². The number of carbonyl (C=O) groups is 1. The molecule has 1 aromatic heterocycles. The summed E-state index contributed by atoms with van der Waals surface area (Å²) < 4.78 is 0. The number of carbonyl (C=O) groups excluding carboxylic acids is 1. The molecule has 0 saturated heterocycles. The van der Waals surface area contributed by atoms with Crippen LogP contribution in [0.5, 0.6) is 0 Å². The summed E-state index contributed by atoms with van der Waals surface area (Å²) in [5.74, 6) is 0.645. The molecular formula is C10H19N5O. The Morgan fingerprint density at radius 1 is 1.50 bits per heavy atom. The van der Waals surface area contributed by atoms with Crippen LogP contribution < -0.4 is 5.73 Å². The van der Waals surface area contributed by atoms with Crippen molar-refractivity contribution in [3.63, 3.8) is 0 Å². The van der Waals surface area contributed by atoms with Crippen LogP contribution in [-0.2, 0) is 0 Å². The van der Waals surface area contributed by atoms with Gasteiger partial charge in [-0.25, -0.2) is 0 Å². The predicted molar refractivity (Wildman–Crippen MR) is 61.8 cm³/mol. The van der Waals surface area contributed by atoms with E-state index in [-0.39, 0.29) is 23.7 Å². The molecule has 0 bridgehead atoms. The minimum absolute atomic E-state index is 0.0910. The zero-order chi connectivity index (χ0) is 12.3. The highest BCUT2D eigenvalue weighted by Crippen LogP contribution is 2.11. The van der Waals surface area contributed by atoms with Crippen molar-refractivity contribution in [1.82, 2.24) is 20.1 Å². The minimum atomic E-state index is -0.183. The Hall–Kier alpha value is -1.59. The third-order valence-electron chi connectivity index (χ3n) is 2.50. The fraction of sp³-hybridized carbons (Fsp3) is 0.700. The van der Waals surface area contributed by atoms with Crippen molar-refractivity contribution in [2.75, 3.05) is 12.8 Å². The van der Waals surface area contributed by atoms with E-state index in [1.807, 2.05) is 6.92 Å². The maximum Gasteiger partial charge on any atom is 0.291 e. The molecule has 0 saturated carbocycles. The van der Waals surface area contributed by atoms with Crippen LogP contribution in [0.15, 0.2) is 0 Å². The summed E-state index contributed by atoms with van der Waals surface area (Å²) in [6.07, 6.45) is 0.950. The van der Waals surface area contributed by atoms with Gasteiger partial charge in [-0.1, -0.05) is 13.8 Å². The Morgan fingerprint density at radius 2 is 2.12 bits per heavy atom. The Morgan fingerprint density at radius 3 is 2.56 bits per heavy atom. The van der Waals surface area contributed by atoms with Crippen LogP contribution >= 0.6 is 0 Å². The van der Waals surface area contributed by atoms with Crippen LogP contribution in [0.1, 0.15) is 37.8 Å². The highest BCUT2D eigenvalue weighted by molar-refractivity contribution is 5.90. The number of amides is 1. The first-order valence-corrected chi connectivity index (χ1v) is 5.36. The number of hydrogen-bond donors (Lipinski definition) is 2. The fourth-order valence-corrected chi connectivity index (χ4v) is 1.58. The molecule has 6 heteroatoms. The lowest BCUT2D eigenvalue weighted by Crippen LogP contribution is -2.36. The van der Waals surface area contributed by atoms with E-state index < -0.39 is 0 Å². The van der Waals surface area contributed by atoms with Crippen LogP contribution in [0.4, 0.5) is 5.95 Å². The third kappa shape index (κ3) is 2.95. The first-order chi connectivity index (χ1) is 7.41. The molecule has 90 valence electrons. The van der Waals surface area contributed by atoms with E-state index in [1.54, 1.807) is 11.9 Å². The molecule has 1 amide bonds. The summed E-state index contributed by atoms with van der Waals surface area (Å²) in [5, 5.41) is 6.15. The van der Waals surface area contributed by atoms with Crippen molar-refractivity contribution in [2.24, 2.45) is 5.92 Å². The Labute approximate surface area is 95.2 Å². The van der Waals surface area contributed by atoms with Gasteiger partial charge in [0.1, 0.15) is 0 Å². The van der Waals surface area contributed by atoms with Crippen molar-refractivity contribution in [3.05, 3.63) is 5.82 Å². The second kappa shape index (κ2) is 4.96. The molecule has 0 aromatic carbocycles. The smallest absolute Gasteiger partial charge is 0.291 e. The number of H-pyrrole nitrogens is 1. The molecule has 6 nitrogen and oxygen atoms in total. The van der Waals surface area contributed by atoms with E-state index >= 15 is 0 Å². The minimum Gasteiger partial charge on any atom is -0.366 e. The molecule has 0 aliphatic carbocycles. The lowest BCUT2D eigenvalue weighted by molar-refractivity contribution is 0.0716. The van der Waals surface area contributed by atoms with Gasteiger partial charge in [0.2, 0.25) is 11.8 Å². The van der Waals surface area contributed by atoms with Crippen molar-refractivity contribution < 1.29 is 4.79 Å². The molecular weight excluding hydrogens is 206 g/mol. The number of aromatic amines is 1. The van der Waals surface area contributed by atoms with Gasteiger partial charge in [-0.05, 0) is 19.3 Å². The van der Waals surface area contributed by atoms with Gasteiger partial charge in [-0.3, -0.25) is 9.89 Å². The highest BCUT2D eigenvalue weighted by atomic mass is 16.2. The van der Waals surface area contributed by atoms with Gasteiger partial charge in [-0.15, -0.1) is 5.10 Å². The molecule has 0 aliphatic rings. The lowest BCUT2D eigenvalue weighted by atomic mass is 10.0. The van der Waals surface area contributed by atoms with Crippen molar-refractivity contribution in [3.8, 4) is 0 Å². The molecule has 1 atom stereocenters. The molecule has 16 heavy (non-hydrogen) atoms. The van der Waals surface area contributed by atoms with Gasteiger partial charge in [0, 0.05) is 13.1 Å². The summed E-state index contributed by atoms with van der Waals surface area (Å²) in [7, 11) is 1.76. The molecule has 1 aromatic rings. The molecule has 1 unspecified atom stereocenters. The number of rotatable bonds is 4. The first-order valence-electron chi connectivity index (χ1n) is 5.36. The Bertz CT molecular complexity index is 360. The zero-order valence-corrected chi connectivity index (χ0v) is 10.2. The molecule has 0 fully saturated rings. The summed E-state index contributed by atoms with van der Waals surface area (Å²) in [6.45, 7) is 6.26. The maximum absolute atomic E-state index is 11.9. The molecule has 0 radical (unpaired) electrons. The zero-order valence-electron chi connectivity index (χ0n) is 10.2. The monoisotopic (exact) mass is 225 g/mol. The average molecular weight is 225 g/mol. The molecule has 3 N–H and O–H groups in total. The largest absolute Gasteiger partial charge is 0.366 e. The van der Waals surface area contributed by atoms with Crippen molar-refractivity contribution in [1.29, 1.82) is 0 Å². The molecule has 1 rings (SSSR count). The van der Waals surface area contributed by atoms with E-state index in [0.717, 1.165) is 6.42 Å². The number of nitrogens with zero attached hydrogens (tertiary/aromatic N) is 3. The van der Waals surface area contributed by atoms with Crippen LogP contribution in [0.25, 0.3) is 0 Å². The number of nitrogen functional groups attached to an aromatic ring is 1. The van der Waals surface area contributed by atoms with Crippen LogP contribution in [-0.4, -0.2) is 39.1 Å². The van der Waals surface area contributed by atoms with E-state index in [0.29, 0.717) is 5.92 Å². The van der Waals surface area contributed by atoms with E-state index in [2.05, 4.69) is 29.0 Å². The van der Waals surface area contributed by atoms with Gasteiger partial charge in [0.25, 0.3) is 5.91 Å². The van der Waals surface area contributed by atoms with Crippen LogP contribution in [0.3, 0.4) is 0 Å². The number of anilines is 1. The lowest BCUT2D eigenvalue weighted by Gasteiger charge is -2.25. The summed E-state index contributed by atoms with van der Waals surface area (Å²) in [6, 6.07) is 0.166. The average Bonchev–Trinajstić information content (AvgIpc) is 2.61. The van der Waals surface area contributed by atoms with Crippen LogP contribution in [0, 0.1) is 5.92 Å². The fourth-order valence-electron chi connectivity index (χ4n) is 1.58. The molecule has 1 heterocycles.